The van der Waals surface area contributed by atoms with Crippen molar-refractivity contribution in [2.45, 2.75) is 0 Å². The predicted molar refractivity (Wildman–Crippen MR) is 75.2 cm³/mol. The molecule has 19 heavy (non-hydrogen) atoms. The average molecular weight is 319 g/mol. The highest BCUT2D eigenvalue weighted by molar-refractivity contribution is 6.44. The summed E-state index contributed by atoms with van der Waals surface area (Å²) in [5.41, 5.74) is 0.324. The van der Waals surface area contributed by atoms with Crippen LogP contribution in [0.1, 0.15) is 0 Å². The number of nitro groups is 1. The normalized spacial score (nSPS) is 10.5. The second-order valence-corrected chi connectivity index (χ2v) is 4.88. The van der Waals surface area contributed by atoms with Crippen molar-refractivity contribution < 1.29 is 10.0 Å². The number of rotatable bonds is 2. The molecule has 0 aliphatic heterocycles. The first-order valence-corrected chi connectivity index (χ1v) is 6.16. The summed E-state index contributed by atoms with van der Waals surface area (Å²) < 4.78 is 0. The fourth-order valence-electron chi connectivity index (χ4n) is 1.63. The molecule has 1 N–H and O–H groups in total. The van der Waals surface area contributed by atoms with Crippen LogP contribution in [0, 0.1) is 10.1 Å². The Morgan fingerprint density at radius 1 is 1.05 bits per heavy atom. The van der Waals surface area contributed by atoms with E-state index in [1.807, 2.05) is 0 Å². The van der Waals surface area contributed by atoms with E-state index in [-0.39, 0.29) is 27.0 Å². The number of aromatic hydroxyl groups is 1. The molecule has 0 fully saturated rings. The van der Waals surface area contributed by atoms with Gasteiger partial charge < -0.3 is 5.11 Å². The Morgan fingerprint density at radius 2 is 1.63 bits per heavy atom. The van der Waals surface area contributed by atoms with E-state index < -0.39 is 4.92 Å². The minimum atomic E-state index is -0.641. The molecule has 98 valence electrons. The van der Waals surface area contributed by atoms with Crippen LogP contribution in [0.15, 0.2) is 30.3 Å². The van der Waals surface area contributed by atoms with Gasteiger partial charge in [-0.05, 0) is 23.8 Å². The first kappa shape index (κ1) is 13.9. The first-order chi connectivity index (χ1) is 8.91. The number of nitro benzene ring substituents is 1. The number of benzene rings is 2. The van der Waals surface area contributed by atoms with E-state index in [4.69, 9.17) is 34.8 Å². The van der Waals surface area contributed by atoms with Crippen LogP contribution in [0.5, 0.6) is 5.75 Å². The zero-order chi connectivity index (χ0) is 14.2. The van der Waals surface area contributed by atoms with E-state index >= 15 is 0 Å². The Morgan fingerprint density at radius 3 is 2.16 bits per heavy atom. The van der Waals surface area contributed by atoms with Crippen molar-refractivity contribution in [2.75, 3.05) is 0 Å². The van der Waals surface area contributed by atoms with E-state index in [1.165, 1.54) is 6.07 Å². The highest BCUT2D eigenvalue weighted by Crippen LogP contribution is 2.45. The van der Waals surface area contributed by atoms with Crippen LogP contribution >= 0.6 is 34.8 Å². The molecular weight excluding hydrogens is 312 g/mol. The summed E-state index contributed by atoms with van der Waals surface area (Å²) in [4.78, 5) is 10.5. The quantitative estimate of drug-likeness (QED) is 0.631. The molecule has 0 aromatic heterocycles. The van der Waals surface area contributed by atoms with Crippen molar-refractivity contribution >= 4 is 40.5 Å². The number of halogens is 3. The molecule has 2 rings (SSSR count). The van der Waals surface area contributed by atoms with Gasteiger partial charge in [0.2, 0.25) is 0 Å². The zero-order valence-electron chi connectivity index (χ0n) is 9.23. The lowest BCUT2D eigenvalue weighted by molar-refractivity contribution is -0.384. The van der Waals surface area contributed by atoms with Gasteiger partial charge in [-0.1, -0.05) is 46.9 Å². The van der Waals surface area contributed by atoms with Crippen molar-refractivity contribution in [1.82, 2.24) is 0 Å². The standard InChI is InChI=1S/C12H6Cl3NO3/c13-7-3-1-6(2-4-7)8-5-9(17)10(14)11(15)12(8)16(18)19/h1-5,17H. The lowest BCUT2D eigenvalue weighted by Crippen LogP contribution is -1.94. The maximum absolute atomic E-state index is 11.1. The van der Waals surface area contributed by atoms with E-state index in [1.54, 1.807) is 24.3 Å². The molecule has 2 aromatic carbocycles. The number of phenols is 1. The molecule has 0 saturated carbocycles. The van der Waals surface area contributed by atoms with Gasteiger partial charge in [-0.25, -0.2) is 0 Å². The van der Waals surface area contributed by atoms with Gasteiger partial charge in [-0.15, -0.1) is 0 Å². The maximum Gasteiger partial charge on any atom is 0.297 e. The third-order valence-electron chi connectivity index (χ3n) is 2.50. The van der Waals surface area contributed by atoms with Crippen molar-refractivity contribution in [2.24, 2.45) is 0 Å². The summed E-state index contributed by atoms with van der Waals surface area (Å²) in [5, 5.41) is 20.7. The second-order valence-electron chi connectivity index (χ2n) is 3.68. The molecule has 2 aromatic rings. The maximum atomic E-state index is 11.1. The Hall–Kier alpha value is -1.49. The molecule has 0 atom stereocenters. The molecule has 0 aliphatic carbocycles. The first-order valence-electron chi connectivity index (χ1n) is 5.03. The molecule has 0 heterocycles. The van der Waals surface area contributed by atoms with Gasteiger partial charge in [-0.3, -0.25) is 10.1 Å². The highest BCUT2D eigenvalue weighted by Gasteiger charge is 2.25. The SMILES string of the molecule is O=[N+]([O-])c1c(-c2ccc(Cl)cc2)cc(O)c(Cl)c1Cl. The Balaban J connectivity index is 2.75. The van der Waals surface area contributed by atoms with Gasteiger partial charge in [0.05, 0.1) is 10.5 Å². The van der Waals surface area contributed by atoms with Gasteiger partial charge in [-0.2, -0.15) is 0 Å². The van der Waals surface area contributed by atoms with Crippen LogP contribution in [-0.4, -0.2) is 10.0 Å². The largest absolute Gasteiger partial charge is 0.506 e. The molecule has 4 nitrogen and oxygen atoms in total. The molecule has 0 unspecified atom stereocenters. The number of phenolic OH excluding ortho intramolecular Hbond substituents is 1. The van der Waals surface area contributed by atoms with Gasteiger partial charge >= 0.3 is 0 Å². The Labute approximate surface area is 123 Å². The average Bonchev–Trinajstić information content (AvgIpc) is 2.36. The van der Waals surface area contributed by atoms with E-state index in [2.05, 4.69) is 0 Å². The highest BCUT2D eigenvalue weighted by atomic mass is 35.5. The van der Waals surface area contributed by atoms with Gasteiger partial charge in [0, 0.05) is 5.02 Å². The van der Waals surface area contributed by atoms with Crippen LogP contribution in [0.4, 0.5) is 5.69 Å². The van der Waals surface area contributed by atoms with Crippen LogP contribution in [-0.2, 0) is 0 Å². The molecular formula is C12H6Cl3NO3. The summed E-state index contributed by atoms with van der Waals surface area (Å²) in [7, 11) is 0. The summed E-state index contributed by atoms with van der Waals surface area (Å²) in [5.74, 6) is -0.317. The second kappa shape index (κ2) is 5.25. The number of nitrogens with zero attached hydrogens (tertiary/aromatic N) is 1. The molecule has 0 saturated heterocycles. The van der Waals surface area contributed by atoms with Gasteiger partial charge in [0.1, 0.15) is 15.8 Å². The molecule has 0 radical (unpaired) electrons. The van der Waals surface area contributed by atoms with Gasteiger partial charge in [0.25, 0.3) is 5.69 Å². The third-order valence-corrected chi connectivity index (χ3v) is 3.60. The van der Waals surface area contributed by atoms with Crippen LogP contribution in [0.2, 0.25) is 15.1 Å². The lowest BCUT2D eigenvalue weighted by atomic mass is 10.0. The summed E-state index contributed by atoms with van der Waals surface area (Å²) in [6.07, 6.45) is 0. The molecule has 0 bridgehead atoms. The van der Waals surface area contributed by atoms with Crippen molar-refractivity contribution in [1.29, 1.82) is 0 Å². The molecule has 0 spiro atoms. The van der Waals surface area contributed by atoms with Crippen molar-refractivity contribution in [3.05, 3.63) is 55.5 Å². The monoisotopic (exact) mass is 317 g/mol. The summed E-state index contributed by atoms with van der Waals surface area (Å²) >= 11 is 17.3. The number of hydrogen-bond acceptors (Lipinski definition) is 3. The van der Waals surface area contributed by atoms with E-state index in [0.29, 0.717) is 10.6 Å². The third kappa shape index (κ3) is 2.61. The van der Waals surface area contributed by atoms with E-state index in [9.17, 15) is 15.2 Å². The Bertz CT molecular complexity index is 656. The fourth-order valence-corrected chi connectivity index (χ4v) is 2.17. The van der Waals surface area contributed by atoms with Crippen LogP contribution in [0.3, 0.4) is 0 Å². The molecule has 0 amide bonds. The minimum absolute atomic E-state index is 0.175. The van der Waals surface area contributed by atoms with Crippen LogP contribution in [0.25, 0.3) is 11.1 Å². The minimum Gasteiger partial charge on any atom is -0.506 e. The zero-order valence-corrected chi connectivity index (χ0v) is 11.5. The lowest BCUT2D eigenvalue weighted by Gasteiger charge is -2.08. The Kier molecular flexibility index (Phi) is 3.85. The summed E-state index contributed by atoms with van der Waals surface area (Å²) in [6, 6.07) is 7.55. The molecule has 0 aliphatic rings. The van der Waals surface area contributed by atoms with Gasteiger partial charge in [0.15, 0.2) is 0 Å². The predicted octanol–water partition coefficient (Wildman–Crippen LogP) is 4.93. The topological polar surface area (TPSA) is 63.4 Å². The van der Waals surface area contributed by atoms with Crippen molar-refractivity contribution in [3.8, 4) is 16.9 Å². The number of hydrogen-bond donors (Lipinski definition) is 1. The van der Waals surface area contributed by atoms with Crippen molar-refractivity contribution in [3.63, 3.8) is 0 Å². The molecule has 7 heteroatoms. The smallest absolute Gasteiger partial charge is 0.297 e. The van der Waals surface area contributed by atoms with E-state index in [0.717, 1.165) is 0 Å². The summed E-state index contributed by atoms with van der Waals surface area (Å²) in [6.45, 7) is 0. The van der Waals surface area contributed by atoms with Crippen LogP contribution < -0.4 is 0 Å². The fraction of sp³-hybridized carbons (Fsp3) is 0.